The van der Waals surface area contributed by atoms with Crippen LogP contribution < -0.4 is 19.9 Å². The number of carbonyl (C=O) groups excluding carboxylic acids is 1. The van der Waals surface area contributed by atoms with Gasteiger partial charge in [-0.05, 0) is 61.4 Å². The van der Waals surface area contributed by atoms with E-state index in [1.807, 2.05) is 18.7 Å². The van der Waals surface area contributed by atoms with Gasteiger partial charge in [0.25, 0.3) is 5.91 Å². The van der Waals surface area contributed by atoms with E-state index in [-0.39, 0.29) is 24.2 Å². The number of hydrogen-bond acceptors (Lipinski definition) is 5. The summed E-state index contributed by atoms with van der Waals surface area (Å²) in [7, 11) is 0. The highest BCUT2D eigenvalue weighted by Crippen LogP contribution is 2.29. The van der Waals surface area contributed by atoms with Crippen molar-refractivity contribution in [1.29, 1.82) is 0 Å². The molecular weight excluding hydrogens is 562 g/mol. The number of aryl methyl sites for hydroxylation is 1. The molecule has 4 aromatic rings. The van der Waals surface area contributed by atoms with Gasteiger partial charge in [-0.15, -0.1) is 13.2 Å². The SMILES string of the molecule is CCc1nc2cc(Cl)ccn2c1C(=O)NCc1ccc(N2CCN(c3ccc(OC(F)(F)F)cc3)[C@@H](C)C2)c(F)c1. The number of pyridine rings is 1. The van der Waals surface area contributed by atoms with Gasteiger partial charge >= 0.3 is 6.36 Å². The highest BCUT2D eigenvalue weighted by Gasteiger charge is 2.31. The van der Waals surface area contributed by atoms with Crippen LogP contribution in [0, 0.1) is 5.82 Å². The van der Waals surface area contributed by atoms with E-state index in [0.717, 1.165) is 5.69 Å². The molecule has 0 radical (unpaired) electrons. The van der Waals surface area contributed by atoms with Crippen LogP contribution in [0.5, 0.6) is 5.75 Å². The predicted molar refractivity (Wildman–Crippen MR) is 149 cm³/mol. The predicted octanol–water partition coefficient (Wildman–Crippen LogP) is 6.23. The molecule has 3 heterocycles. The molecule has 1 fully saturated rings. The number of carbonyl (C=O) groups is 1. The van der Waals surface area contributed by atoms with Crippen LogP contribution in [-0.4, -0.2) is 47.3 Å². The zero-order valence-corrected chi connectivity index (χ0v) is 23.1. The Morgan fingerprint density at radius 1 is 1.12 bits per heavy atom. The fraction of sp³-hybridized carbons (Fsp3) is 0.310. The molecule has 1 atom stereocenters. The van der Waals surface area contributed by atoms with Crippen molar-refractivity contribution < 1.29 is 27.1 Å². The molecule has 2 aromatic heterocycles. The Bertz CT molecular complexity index is 1560. The maximum Gasteiger partial charge on any atom is 0.573 e. The van der Waals surface area contributed by atoms with Crippen LogP contribution in [-0.2, 0) is 13.0 Å². The number of anilines is 2. The lowest BCUT2D eigenvalue weighted by Gasteiger charge is -2.42. The zero-order valence-electron chi connectivity index (χ0n) is 22.4. The van der Waals surface area contributed by atoms with Gasteiger partial charge < -0.3 is 19.9 Å². The monoisotopic (exact) mass is 589 g/mol. The molecule has 0 spiro atoms. The fourth-order valence-corrected chi connectivity index (χ4v) is 5.29. The van der Waals surface area contributed by atoms with Gasteiger partial charge in [0, 0.05) is 55.2 Å². The fourth-order valence-electron chi connectivity index (χ4n) is 5.14. The summed E-state index contributed by atoms with van der Waals surface area (Å²) in [6.07, 6.45) is -2.48. The highest BCUT2D eigenvalue weighted by atomic mass is 35.5. The minimum absolute atomic E-state index is 0.0235. The number of ether oxygens (including phenoxy) is 1. The van der Waals surface area contributed by atoms with Gasteiger partial charge in [0.1, 0.15) is 22.9 Å². The maximum atomic E-state index is 15.2. The molecule has 0 saturated carbocycles. The van der Waals surface area contributed by atoms with Crippen molar-refractivity contribution >= 4 is 34.5 Å². The van der Waals surface area contributed by atoms with Crippen molar-refractivity contribution in [3.05, 3.63) is 88.6 Å². The van der Waals surface area contributed by atoms with Crippen LogP contribution in [0.25, 0.3) is 5.65 Å². The number of fused-ring (bicyclic) bond motifs is 1. The molecule has 0 bridgehead atoms. The van der Waals surface area contributed by atoms with Crippen LogP contribution in [0.2, 0.25) is 5.02 Å². The summed E-state index contributed by atoms with van der Waals surface area (Å²) in [6, 6.07) is 14.0. The lowest BCUT2D eigenvalue weighted by Crippen LogP contribution is -2.52. The summed E-state index contributed by atoms with van der Waals surface area (Å²) < 4.78 is 58.2. The molecule has 1 saturated heterocycles. The molecule has 0 unspecified atom stereocenters. The largest absolute Gasteiger partial charge is 0.573 e. The lowest BCUT2D eigenvalue weighted by atomic mass is 10.1. The van der Waals surface area contributed by atoms with Crippen LogP contribution in [0.3, 0.4) is 0 Å². The van der Waals surface area contributed by atoms with Crippen LogP contribution in [0.1, 0.15) is 35.6 Å². The molecule has 1 N–H and O–H groups in total. The van der Waals surface area contributed by atoms with Crippen molar-refractivity contribution in [2.45, 2.75) is 39.2 Å². The molecule has 41 heavy (non-hydrogen) atoms. The minimum atomic E-state index is -4.74. The van der Waals surface area contributed by atoms with E-state index in [2.05, 4.69) is 19.9 Å². The summed E-state index contributed by atoms with van der Waals surface area (Å²) in [5.41, 5.74) is 3.47. The van der Waals surface area contributed by atoms with E-state index in [1.165, 1.54) is 18.2 Å². The third-order valence-corrected chi connectivity index (χ3v) is 7.28. The van der Waals surface area contributed by atoms with E-state index < -0.39 is 12.2 Å². The van der Waals surface area contributed by atoms with Crippen molar-refractivity contribution in [2.75, 3.05) is 29.4 Å². The average Bonchev–Trinajstić information content (AvgIpc) is 3.29. The number of amides is 1. The Morgan fingerprint density at radius 3 is 2.54 bits per heavy atom. The molecule has 1 aliphatic heterocycles. The number of piperazine rings is 1. The van der Waals surface area contributed by atoms with E-state index >= 15 is 4.39 Å². The molecule has 216 valence electrons. The first-order valence-electron chi connectivity index (χ1n) is 13.1. The molecule has 12 heteroatoms. The Hall–Kier alpha value is -3.99. The number of nitrogens with one attached hydrogen (secondary N) is 1. The van der Waals surface area contributed by atoms with E-state index in [4.69, 9.17) is 11.6 Å². The second-order valence-electron chi connectivity index (χ2n) is 9.83. The molecule has 2 aromatic carbocycles. The van der Waals surface area contributed by atoms with Crippen LogP contribution >= 0.6 is 11.6 Å². The Kier molecular flexibility index (Phi) is 7.99. The highest BCUT2D eigenvalue weighted by molar-refractivity contribution is 6.30. The number of imidazole rings is 1. The second kappa shape index (κ2) is 11.5. The Balaban J connectivity index is 1.21. The van der Waals surface area contributed by atoms with Crippen molar-refractivity contribution in [3.8, 4) is 5.75 Å². The van der Waals surface area contributed by atoms with Gasteiger partial charge in [-0.1, -0.05) is 24.6 Å². The van der Waals surface area contributed by atoms with Crippen LogP contribution in [0.15, 0.2) is 60.8 Å². The zero-order chi connectivity index (χ0) is 29.3. The summed E-state index contributed by atoms with van der Waals surface area (Å²) in [6.45, 7) is 5.63. The Morgan fingerprint density at radius 2 is 1.88 bits per heavy atom. The summed E-state index contributed by atoms with van der Waals surface area (Å²) in [4.78, 5) is 21.6. The third-order valence-electron chi connectivity index (χ3n) is 7.05. The van der Waals surface area contributed by atoms with Crippen molar-refractivity contribution in [2.24, 2.45) is 0 Å². The standard InChI is InChI=1S/C29H28ClF4N5O2/c1-3-24-27(39-11-10-20(30)15-26(39)36-24)28(40)35-16-19-4-9-25(23(31)14-19)37-12-13-38(18(2)17-37)21-5-7-22(8-6-21)41-29(32,33)34/h4-11,14-15,18H,3,12-13,16-17H2,1-2H3,(H,35,40)/t18-/m0/s1. The number of hydrogen-bond donors (Lipinski definition) is 1. The topological polar surface area (TPSA) is 62.1 Å². The van der Waals surface area contributed by atoms with Gasteiger partial charge in [-0.3, -0.25) is 9.20 Å². The summed E-state index contributed by atoms with van der Waals surface area (Å²) in [5, 5.41) is 3.39. The van der Waals surface area contributed by atoms with E-state index in [0.29, 0.717) is 59.4 Å². The first-order chi connectivity index (χ1) is 19.5. The summed E-state index contributed by atoms with van der Waals surface area (Å²) in [5.74, 6) is -0.992. The van der Waals surface area contributed by atoms with Crippen molar-refractivity contribution in [1.82, 2.24) is 14.7 Å². The number of aromatic nitrogens is 2. The van der Waals surface area contributed by atoms with Gasteiger partial charge in [-0.25, -0.2) is 9.37 Å². The lowest BCUT2D eigenvalue weighted by molar-refractivity contribution is -0.274. The first-order valence-corrected chi connectivity index (χ1v) is 13.5. The number of benzene rings is 2. The molecule has 1 amide bonds. The molecule has 7 nitrogen and oxygen atoms in total. The number of alkyl halides is 3. The molecule has 5 rings (SSSR count). The third kappa shape index (κ3) is 6.35. The van der Waals surface area contributed by atoms with Gasteiger partial charge in [0.15, 0.2) is 0 Å². The van der Waals surface area contributed by atoms with Crippen molar-refractivity contribution in [3.63, 3.8) is 0 Å². The number of nitrogens with zero attached hydrogens (tertiary/aromatic N) is 4. The average molecular weight is 590 g/mol. The Labute approximate surface area is 239 Å². The number of halogens is 5. The molecule has 0 aliphatic carbocycles. The first kappa shape index (κ1) is 28.5. The van der Waals surface area contributed by atoms with Gasteiger partial charge in [0.05, 0.1) is 11.4 Å². The van der Waals surface area contributed by atoms with E-state index in [9.17, 15) is 18.0 Å². The van der Waals surface area contributed by atoms with E-state index in [1.54, 1.807) is 47.0 Å². The normalized spacial score (nSPS) is 15.8. The molecular formula is C29H28ClF4N5O2. The quantitative estimate of drug-likeness (QED) is 0.259. The molecule has 1 aliphatic rings. The number of rotatable bonds is 7. The van der Waals surface area contributed by atoms with Crippen LogP contribution in [0.4, 0.5) is 28.9 Å². The van der Waals surface area contributed by atoms with Gasteiger partial charge in [0.2, 0.25) is 0 Å². The second-order valence-corrected chi connectivity index (χ2v) is 10.3. The summed E-state index contributed by atoms with van der Waals surface area (Å²) >= 11 is 6.06. The maximum absolute atomic E-state index is 15.2. The minimum Gasteiger partial charge on any atom is -0.406 e. The smallest absolute Gasteiger partial charge is 0.406 e. The van der Waals surface area contributed by atoms with Gasteiger partial charge in [-0.2, -0.15) is 0 Å².